The lowest BCUT2D eigenvalue weighted by Gasteiger charge is -2.19. The van der Waals surface area contributed by atoms with Gasteiger partial charge < -0.3 is 5.32 Å². The van der Waals surface area contributed by atoms with E-state index in [-0.39, 0.29) is 11.5 Å². The Balaban J connectivity index is 2.46. The lowest BCUT2D eigenvalue weighted by molar-refractivity contribution is 0.416. The van der Waals surface area contributed by atoms with Gasteiger partial charge in [0.05, 0.1) is 11.5 Å². The first kappa shape index (κ1) is 14.0. The van der Waals surface area contributed by atoms with E-state index >= 15 is 0 Å². The first-order chi connectivity index (χ1) is 7.94. The minimum atomic E-state index is -0.263. The molecule has 0 aliphatic heterocycles. The average molecular weight is 251 g/mol. The first-order valence-electron chi connectivity index (χ1n) is 5.85. The fourth-order valence-electron chi connectivity index (χ4n) is 1.55. The molecule has 0 saturated heterocycles. The maximum Gasteiger partial charge on any atom is 0.0684 e. The van der Waals surface area contributed by atoms with Crippen molar-refractivity contribution in [1.29, 1.82) is 5.26 Å². The number of benzene rings is 1. The summed E-state index contributed by atoms with van der Waals surface area (Å²) in [7, 11) is 0. The molecular weight excluding hydrogens is 232 g/mol. The van der Waals surface area contributed by atoms with Gasteiger partial charge in [-0.2, -0.15) is 5.26 Å². The Bertz CT molecular complexity index is 407. The number of halogens is 1. The first-order valence-corrected chi connectivity index (χ1v) is 6.22. The molecule has 0 radical (unpaired) electrons. The van der Waals surface area contributed by atoms with Gasteiger partial charge in [-0.3, -0.25) is 0 Å². The molecule has 0 aliphatic rings. The minimum absolute atomic E-state index is 0.253. The van der Waals surface area contributed by atoms with Crippen LogP contribution in [-0.2, 0) is 0 Å². The highest BCUT2D eigenvalue weighted by molar-refractivity contribution is 6.30. The van der Waals surface area contributed by atoms with Crippen molar-refractivity contribution in [3.8, 4) is 6.07 Å². The molecule has 0 heterocycles. The Morgan fingerprint density at radius 2 is 2.18 bits per heavy atom. The minimum Gasteiger partial charge on any atom is -0.310 e. The highest BCUT2D eigenvalue weighted by Crippen LogP contribution is 2.20. The summed E-state index contributed by atoms with van der Waals surface area (Å²) in [6, 6.07) is 10.4. The van der Waals surface area contributed by atoms with Gasteiger partial charge in [0, 0.05) is 11.1 Å². The van der Waals surface area contributed by atoms with E-state index in [9.17, 15) is 0 Å². The normalized spacial score (nSPS) is 13.1. The summed E-state index contributed by atoms with van der Waals surface area (Å²) in [6.45, 7) is 6.84. The molecule has 0 saturated carbocycles. The molecule has 0 amide bonds. The largest absolute Gasteiger partial charge is 0.310 e. The molecule has 0 bridgehead atoms. The second-order valence-corrected chi connectivity index (χ2v) is 5.41. The Labute approximate surface area is 109 Å². The van der Waals surface area contributed by atoms with Crippen LogP contribution in [0.4, 0.5) is 0 Å². The zero-order valence-electron chi connectivity index (χ0n) is 10.6. The van der Waals surface area contributed by atoms with Crippen LogP contribution in [0.1, 0.15) is 38.8 Å². The third kappa shape index (κ3) is 4.77. The number of rotatable bonds is 5. The standard InChI is InChI=1S/C14H19ClN2/c1-11(12-5-4-6-13(15)9-12)17-8-7-14(2,3)10-16/h4-6,9,11,17H,7-8H2,1-3H3. The second-order valence-electron chi connectivity index (χ2n) is 4.98. The van der Waals surface area contributed by atoms with E-state index in [1.807, 2.05) is 32.0 Å². The van der Waals surface area contributed by atoms with Crippen LogP contribution in [0, 0.1) is 16.7 Å². The summed E-state index contributed by atoms with van der Waals surface area (Å²) in [5, 5.41) is 13.1. The van der Waals surface area contributed by atoms with Crippen LogP contribution in [0.15, 0.2) is 24.3 Å². The Kier molecular flexibility index (Phi) is 4.99. The summed E-state index contributed by atoms with van der Waals surface area (Å²) in [5.41, 5.74) is 0.911. The smallest absolute Gasteiger partial charge is 0.0684 e. The molecule has 92 valence electrons. The van der Waals surface area contributed by atoms with Crippen LogP contribution in [0.3, 0.4) is 0 Å². The van der Waals surface area contributed by atoms with Crippen molar-refractivity contribution >= 4 is 11.6 Å². The third-order valence-corrected chi connectivity index (χ3v) is 3.09. The van der Waals surface area contributed by atoms with E-state index in [0.29, 0.717) is 0 Å². The van der Waals surface area contributed by atoms with Gasteiger partial charge in [0.2, 0.25) is 0 Å². The van der Waals surface area contributed by atoms with Crippen LogP contribution in [-0.4, -0.2) is 6.54 Å². The Morgan fingerprint density at radius 1 is 1.47 bits per heavy atom. The van der Waals surface area contributed by atoms with Crippen LogP contribution in [0.5, 0.6) is 0 Å². The van der Waals surface area contributed by atoms with E-state index in [1.165, 1.54) is 5.56 Å². The van der Waals surface area contributed by atoms with Crippen molar-refractivity contribution in [1.82, 2.24) is 5.32 Å². The highest BCUT2D eigenvalue weighted by atomic mass is 35.5. The number of nitriles is 1. The van der Waals surface area contributed by atoms with Crippen molar-refractivity contribution in [3.05, 3.63) is 34.9 Å². The van der Waals surface area contributed by atoms with Gasteiger partial charge in [-0.25, -0.2) is 0 Å². The molecule has 0 aliphatic carbocycles. The van der Waals surface area contributed by atoms with E-state index < -0.39 is 0 Å². The van der Waals surface area contributed by atoms with E-state index in [4.69, 9.17) is 16.9 Å². The summed E-state index contributed by atoms with van der Waals surface area (Å²) in [4.78, 5) is 0. The van der Waals surface area contributed by atoms with E-state index in [1.54, 1.807) is 0 Å². The number of hydrogen-bond acceptors (Lipinski definition) is 2. The van der Waals surface area contributed by atoms with Crippen LogP contribution < -0.4 is 5.32 Å². The maximum absolute atomic E-state index is 8.92. The topological polar surface area (TPSA) is 35.8 Å². The predicted molar refractivity (Wildman–Crippen MR) is 71.9 cm³/mol. The summed E-state index contributed by atoms with van der Waals surface area (Å²) >= 11 is 5.95. The predicted octanol–water partition coefficient (Wildman–Crippen LogP) is 3.93. The van der Waals surface area contributed by atoms with Crippen molar-refractivity contribution in [3.63, 3.8) is 0 Å². The van der Waals surface area contributed by atoms with Gasteiger partial charge in [-0.05, 0) is 51.4 Å². The van der Waals surface area contributed by atoms with E-state index in [0.717, 1.165) is 18.0 Å². The fraction of sp³-hybridized carbons (Fsp3) is 0.500. The van der Waals surface area contributed by atoms with Gasteiger partial charge in [0.25, 0.3) is 0 Å². The van der Waals surface area contributed by atoms with Gasteiger partial charge in [-0.15, -0.1) is 0 Å². The Hall–Kier alpha value is -1.04. The van der Waals surface area contributed by atoms with Crippen molar-refractivity contribution in [2.24, 2.45) is 5.41 Å². The lowest BCUT2D eigenvalue weighted by atomic mass is 9.91. The quantitative estimate of drug-likeness (QED) is 0.860. The maximum atomic E-state index is 8.92. The lowest BCUT2D eigenvalue weighted by Crippen LogP contribution is -2.24. The molecule has 3 heteroatoms. The van der Waals surface area contributed by atoms with Crippen molar-refractivity contribution < 1.29 is 0 Å². The summed E-state index contributed by atoms with van der Waals surface area (Å²) < 4.78 is 0. The molecule has 0 spiro atoms. The molecular formula is C14H19ClN2. The SMILES string of the molecule is CC(NCCC(C)(C)C#N)c1cccc(Cl)c1. The molecule has 0 fully saturated rings. The number of nitrogens with one attached hydrogen (secondary N) is 1. The summed E-state index contributed by atoms with van der Waals surface area (Å²) in [5.74, 6) is 0. The number of nitrogens with zero attached hydrogens (tertiary/aromatic N) is 1. The average Bonchev–Trinajstić information content (AvgIpc) is 2.28. The molecule has 1 aromatic rings. The molecule has 1 N–H and O–H groups in total. The van der Waals surface area contributed by atoms with Crippen LogP contribution in [0.25, 0.3) is 0 Å². The summed E-state index contributed by atoms with van der Waals surface area (Å²) in [6.07, 6.45) is 0.842. The van der Waals surface area contributed by atoms with Crippen molar-refractivity contribution in [2.75, 3.05) is 6.54 Å². The zero-order chi connectivity index (χ0) is 12.9. The second kappa shape index (κ2) is 6.05. The van der Waals surface area contributed by atoms with Crippen LogP contribution >= 0.6 is 11.6 Å². The molecule has 1 aromatic carbocycles. The van der Waals surface area contributed by atoms with Gasteiger partial charge >= 0.3 is 0 Å². The zero-order valence-corrected chi connectivity index (χ0v) is 11.4. The number of hydrogen-bond donors (Lipinski definition) is 1. The molecule has 1 atom stereocenters. The highest BCUT2D eigenvalue weighted by Gasteiger charge is 2.16. The molecule has 2 nitrogen and oxygen atoms in total. The third-order valence-electron chi connectivity index (χ3n) is 2.85. The fourth-order valence-corrected chi connectivity index (χ4v) is 1.75. The van der Waals surface area contributed by atoms with Gasteiger partial charge in [-0.1, -0.05) is 23.7 Å². The van der Waals surface area contributed by atoms with Gasteiger partial charge in [0.15, 0.2) is 0 Å². The monoisotopic (exact) mass is 250 g/mol. The molecule has 17 heavy (non-hydrogen) atoms. The molecule has 0 aromatic heterocycles. The molecule has 1 unspecified atom stereocenters. The Morgan fingerprint density at radius 3 is 2.76 bits per heavy atom. The van der Waals surface area contributed by atoms with Crippen LogP contribution in [0.2, 0.25) is 5.02 Å². The van der Waals surface area contributed by atoms with Crippen molar-refractivity contribution in [2.45, 2.75) is 33.2 Å². The molecule has 1 rings (SSSR count). The van der Waals surface area contributed by atoms with Gasteiger partial charge in [0.1, 0.15) is 0 Å². The van der Waals surface area contributed by atoms with E-state index in [2.05, 4.69) is 24.4 Å².